The van der Waals surface area contributed by atoms with E-state index in [4.69, 9.17) is 0 Å². The van der Waals surface area contributed by atoms with Gasteiger partial charge in [-0.2, -0.15) is 0 Å². The van der Waals surface area contributed by atoms with Crippen molar-refractivity contribution in [3.8, 4) is 0 Å². The number of nitrogens with one attached hydrogen (secondary N) is 1. The first-order valence-electron chi connectivity index (χ1n) is 6.24. The summed E-state index contributed by atoms with van der Waals surface area (Å²) in [5.41, 5.74) is 0.687. The SMILES string of the molecule is CCNC(=O)CN(CC)CC(=O)c1ccccc1. The average molecular weight is 248 g/mol. The molecule has 1 amide bonds. The zero-order chi connectivity index (χ0) is 13.4. The summed E-state index contributed by atoms with van der Waals surface area (Å²) in [6.07, 6.45) is 0. The highest BCUT2D eigenvalue weighted by Crippen LogP contribution is 2.01. The van der Waals surface area contributed by atoms with Crippen LogP contribution in [0.2, 0.25) is 0 Å². The quantitative estimate of drug-likeness (QED) is 0.741. The van der Waals surface area contributed by atoms with Crippen LogP contribution in [0.4, 0.5) is 0 Å². The van der Waals surface area contributed by atoms with Crippen LogP contribution >= 0.6 is 0 Å². The van der Waals surface area contributed by atoms with Gasteiger partial charge in [-0.1, -0.05) is 37.3 Å². The number of hydrogen-bond acceptors (Lipinski definition) is 3. The molecule has 0 bridgehead atoms. The van der Waals surface area contributed by atoms with E-state index < -0.39 is 0 Å². The first-order chi connectivity index (χ1) is 8.67. The lowest BCUT2D eigenvalue weighted by atomic mass is 10.1. The predicted molar refractivity (Wildman–Crippen MR) is 71.6 cm³/mol. The molecular formula is C14H20N2O2. The topological polar surface area (TPSA) is 49.4 Å². The van der Waals surface area contributed by atoms with Crippen LogP contribution in [0.3, 0.4) is 0 Å². The van der Waals surface area contributed by atoms with Crippen LogP contribution in [0, 0.1) is 0 Å². The van der Waals surface area contributed by atoms with Crippen molar-refractivity contribution < 1.29 is 9.59 Å². The van der Waals surface area contributed by atoms with Gasteiger partial charge in [0.25, 0.3) is 0 Å². The lowest BCUT2D eigenvalue weighted by Crippen LogP contribution is -2.39. The maximum Gasteiger partial charge on any atom is 0.234 e. The Hall–Kier alpha value is -1.68. The van der Waals surface area contributed by atoms with Crippen LogP contribution in [0.15, 0.2) is 30.3 Å². The number of carbonyl (C=O) groups is 2. The highest BCUT2D eigenvalue weighted by Gasteiger charge is 2.13. The van der Waals surface area contributed by atoms with Crippen molar-refractivity contribution in [2.75, 3.05) is 26.2 Å². The third-order valence-electron chi connectivity index (χ3n) is 2.65. The number of carbonyl (C=O) groups excluding carboxylic acids is 2. The Morgan fingerprint density at radius 1 is 1.11 bits per heavy atom. The summed E-state index contributed by atoms with van der Waals surface area (Å²) in [6, 6.07) is 9.15. The molecule has 0 aromatic heterocycles. The summed E-state index contributed by atoms with van der Waals surface area (Å²) in [6.45, 7) is 5.65. The Kier molecular flexibility index (Phi) is 6.08. The van der Waals surface area contributed by atoms with E-state index in [-0.39, 0.29) is 24.8 Å². The summed E-state index contributed by atoms with van der Waals surface area (Å²) >= 11 is 0. The highest BCUT2D eigenvalue weighted by molar-refractivity contribution is 5.97. The van der Waals surface area contributed by atoms with Gasteiger partial charge in [-0.25, -0.2) is 0 Å². The first kappa shape index (κ1) is 14.4. The maximum absolute atomic E-state index is 12.0. The van der Waals surface area contributed by atoms with Crippen molar-refractivity contribution >= 4 is 11.7 Å². The van der Waals surface area contributed by atoms with Crippen molar-refractivity contribution in [3.63, 3.8) is 0 Å². The summed E-state index contributed by atoms with van der Waals surface area (Å²) in [4.78, 5) is 25.3. The van der Waals surface area contributed by atoms with Gasteiger partial charge in [0.05, 0.1) is 13.1 Å². The number of rotatable bonds is 7. The lowest BCUT2D eigenvalue weighted by Gasteiger charge is -2.18. The molecule has 18 heavy (non-hydrogen) atoms. The van der Waals surface area contributed by atoms with Crippen LogP contribution in [-0.2, 0) is 4.79 Å². The molecule has 0 aliphatic heterocycles. The second-order valence-corrected chi connectivity index (χ2v) is 4.05. The van der Waals surface area contributed by atoms with Gasteiger partial charge in [0, 0.05) is 12.1 Å². The summed E-state index contributed by atoms with van der Waals surface area (Å²) < 4.78 is 0. The first-order valence-corrected chi connectivity index (χ1v) is 6.24. The van der Waals surface area contributed by atoms with Crippen molar-refractivity contribution in [2.24, 2.45) is 0 Å². The van der Waals surface area contributed by atoms with Gasteiger partial charge >= 0.3 is 0 Å². The minimum absolute atomic E-state index is 0.0415. The van der Waals surface area contributed by atoms with Crippen LogP contribution in [0.1, 0.15) is 24.2 Å². The molecule has 1 N–H and O–H groups in total. The van der Waals surface area contributed by atoms with E-state index in [2.05, 4.69) is 5.32 Å². The summed E-state index contributed by atoms with van der Waals surface area (Å²) in [5, 5.41) is 2.73. The van der Waals surface area contributed by atoms with Gasteiger partial charge in [0.1, 0.15) is 0 Å². The molecule has 1 rings (SSSR count). The molecule has 98 valence electrons. The molecule has 1 aromatic carbocycles. The molecule has 0 aliphatic carbocycles. The van der Waals surface area contributed by atoms with Crippen LogP contribution in [0.5, 0.6) is 0 Å². The van der Waals surface area contributed by atoms with Crippen LogP contribution in [-0.4, -0.2) is 42.8 Å². The van der Waals surface area contributed by atoms with Gasteiger partial charge in [0.15, 0.2) is 5.78 Å². The second kappa shape index (κ2) is 7.61. The third kappa shape index (κ3) is 4.67. The third-order valence-corrected chi connectivity index (χ3v) is 2.65. The average Bonchev–Trinajstić information content (AvgIpc) is 2.39. The summed E-state index contributed by atoms with van der Waals surface area (Å²) in [5.74, 6) is 0.00181. The largest absolute Gasteiger partial charge is 0.355 e. The van der Waals surface area contributed by atoms with Crippen molar-refractivity contribution in [2.45, 2.75) is 13.8 Å². The Morgan fingerprint density at radius 2 is 1.78 bits per heavy atom. The standard InChI is InChI=1S/C14H20N2O2/c1-3-15-14(18)11-16(4-2)10-13(17)12-8-6-5-7-9-12/h5-9H,3-4,10-11H2,1-2H3,(H,15,18). The van der Waals surface area contributed by atoms with Gasteiger partial charge in [-0.15, -0.1) is 0 Å². The minimum atomic E-state index is -0.0415. The van der Waals surface area contributed by atoms with Crippen LogP contribution < -0.4 is 5.32 Å². The summed E-state index contributed by atoms with van der Waals surface area (Å²) in [7, 11) is 0. The molecule has 4 nitrogen and oxygen atoms in total. The Balaban J connectivity index is 2.53. The fraction of sp³-hybridized carbons (Fsp3) is 0.429. The number of ketones is 1. The van der Waals surface area contributed by atoms with Crippen molar-refractivity contribution in [1.82, 2.24) is 10.2 Å². The van der Waals surface area contributed by atoms with Gasteiger partial charge in [-0.05, 0) is 13.5 Å². The predicted octanol–water partition coefficient (Wildman–Crippen LogP) is 1.33. The molecule has 4 heteroatoms. The van der Waals surface area contributed by atoms with E-state index in [1.807, 2.05) is 36.9 Å². The monoisotopic (exact) mass is 248 g/mol. The zero-order valence-corrected chi connectivity index (χ0v) is 11.0. The zero-order valence-electron chi connectivity index (χ0n) is 11.0. The second-order valence-electron chi connectivity index (χ2n) is 4.05. The number of likely N-dealkylation sites (N-methyl/N-ethyl adjacent to an activating group) is 2. The van der Waals surface area contributed by atoms with E-state index in [9.17, 15) is 9.59 Å². The number of nitrogens with zero attached hydrogens (tertiary/aromatic N) is 1. The molecular weight excluding hydrogens is 228 g/mol. The fourth-order valence-electron chi connectivity index (χ4n) is 1.65. The fourth-order valence-corrected chi connectivity index (χ4v) is 1.65. The van der Waals surface area contributed by atoms with E-state index in [0.717, 1.165) is 0 Å². The van der Waals surface area contributed by atoms with E-state index in [0.29, 0.717) is 18.7 Å². The van der Waals surface area contributed by atoms with E-state index in [1.54, 1.807) is 12.1 Å². The van der Waals surface area contributed by atoms with Crippen molar-refractivity contribution in [3.05, 3.63) is 35.9 Å². The molecule has 0 heterocycles. The molecule has 0 fully saturated rings. The molecule has 0 saturated carbocycles. The normalized spacial score (nSPS) is 10.4. The Morgan fingerprint density at radius 3 is 2.33 bits per heavy atom. The number of hydrogen-bond donors (Lipinski definition) is 1. The van der Waals surface area contributed by atoms with Gasteiger partial charge in [0.2, 0.25) is 5.91 Å². The molecule has 0 atom stereocenters. The number of Topliss-reactive ketones (excluding diaryl/α,β-unsaturated/α-hetero) is 1. The molecule has 1 aromatic rings. The molecule has 0 spiro atoms. The Bertz CT molecular complexity index is 390. The van der Waals surface area contributed by atoms with Gasteiger partial charge < -0.3 is 5.32 Å². The molecule has 0 unspecified atom stereocenters. The van der Waals surface area contributed by atoms with Crippen molar-refractivity contribution in [1.29, 1.82) is 0 Å². The smallest absolute Gasteiger partial charge is 0.234 e. The van der Waals surface area contributed by atoms with E-state index >= 15 is 0 Å². The lowest BCUT2D eigenvalue weighted by molar-refractivity contribution is -0.121. The molecule has 0 saturated heterocycles. The maximum atomic E-state index is 12.0. The highest BCUT2D eigenvalue weighted by atomic mass is 16.2. The number of benzene rings is 1. The number of amides is 1. The minimum Gasteiger partial charge on any atom is -0.355 e. The van der Waals surface area contributed by atoms with Crippen LogP contribution in [0.25, 0.3) is 0 Å². The molecule has 0 radical (unpaired) electrons. The van der Waals surface area contributed by atoms with E-state index in [1.165, 1.54) is 0 Å². The van der Waals surface area contributed by atoms with Gasteiger partial charge in [-0.3, -0.25) is 14.5 Å². The Labute approximate surface area is 108 Å². The molecule has 0 aliphatic rings.